The molecule has 1 aliphatic rings. The predicted octanol–water partition coefficient (Wildman–Crippen LogP) is 11.2. The van der Waals surface area contributed by atoms with Gasteiger partial charge in [-0.05, 0) is 73.1 Å². The van der Waals surface area contributed by atoms with Gasteiger partial charge in [-0.1, -0.05) is 147 Å². The molecule has 9 rings (SSSR count). The summed E-state index contributed by atoms with van der Waals surface area (Å²) in [5.41, 5.74) is 10.4. The van der Waals surface area contributed by atoms with Crippen LogP contribution >= 0.6 is 0 Å². The van der Waals surface area contributed by atoms with E-state index < -0.39 is 0 Å². The Kier molecular flexibility index (Phi) is 6.16. The van der Waals surface area contributed by atoms with Gasteiger partial charge in [0.25, 0.3) is 0 Å². The third-order valence-corrected chi connectivity index (χ3v) is 9.73. The molecule has 8 aromatic rings. The Labute approximate surface area is 274 Å². The van der Waals surface area contributed by atoms with Gasteiger partial charge in [-0.15, -0.1) is 0 Å². The van der Waals surface area contributed by atoms with E-state index in [1.54, 1.807) is 0 Å². The molecule has 0 amide bonds. The fourth-order valence-corrected chi connectivity index (χ4v) is 7.29. The highest BCUT2D eigenvalue weighted by atomic mass is 15.0. The maximum atomic E-state index is 5.21. The van der Waals surface area contributed by atoms with Crippen LogP contribution in [-0.2, 0) is 5.41 Å². The SMILES string of the molecule is CC1(C)c2ccccc2-c2ccc(-c3nc(-c4ccc5ccccc5c4)nc(-c4ccc(-c5ccccc5)c5ccccc45)n3)cc21. The maximum Gasteiger partial charge on any atom is 0.164 e. The lowest BCUT2D eigenvalue weighted by atomic mass is 9.82. The molecule has 0 spiro atoms. The first-order chi connectivity index (χ1) is 23.0. The van der Waals surface area contributed by atoms with Crippen LogP contribution in [0.4, 0.5) is 0 Å². The van der Waals surface area contributed by atoms with Gasteiger partial charge in [0.2, 0.25) is 0 Å². The summed E-state index contributed by atoms with van der Waals surface area (Å²) in [5.74, 6) is 2.00. The third kappa shape index (κ3) is 4.46. The van der Waals surface area contributed by atoms with Crippen LogP contribution < -0.4 is 0 Å². The van der Waals surface area contributed by atoms with E-state index in [1.807, 2.05) is 0 Å². The summed E-state index contributed by atoms with van der Waals surface area (Å²) >= 11 is 0. The molecule has 1 aromatic heterocycles. The molecule has 1 heterocycles. The molecule has 0 radical (unpaired) electrons. The summed E-state index contributed by atoms with van der Waals surface area (Å²) in [4.78, 5) is 15.5. The van der Waals surface area contributed by atoms with Crippen LogP contribution in [0.2, 0.25) is 0 Å². The molecule has 3 heteroatoms. The van der Waals surface area contributed by atoms with Crippen molar-refractivity contribution in [3.8, 4) is 56.4 Å². The largest absolute Gasteiger partial charge is 0.208 e. The Morgan fingerprint density at radius 2 is 0.915 bits per heavy atom. The first kappa shape index (κ1) is 27.4. The summed E-state index contributed by atoms with van der Waals surface area (Å²) < 4.78 is 0. The van der Waals surface area contributed by atoms with Gasteiger partial charge in [0, 0.05) is 22.1 Å². The third-order valence-electron chi connectivity index (χ3n) is 9.73. The first-order valence-electron chi connectivity index (χ1n) is 16.1. The lowest BCUT2D eigenvalue weighted by molar-refractivity contribution is 0.660. The van der Waals surface area contributed by atoms with Crippen molar-refractivity contribution in [1.82, 2.24) is 15.0 Å². The standard InChI is InChI=1S/C44H31N3/c1-44(2)39-19-11-10-18-36(39)37-23-22-32(27-40(37)44)42-45-41(31-21-20-28-12-6-7-15-30(28)26-31)46-43(47-42)38-25-24-33(29-13-4-3-5-14-29)34-16-8-9-17-35(34)38/h3-27H,1-2H3. The zero-order valence-electron chi connectivity index (χ0n) is 26.3. The Balaban J connectivity index is 1.26. The van der Waals surface area contributed by atoms with Gasteiger partial charge in [-0.25, -0.2) is 15.0 Å². The predicted molar refractivity (Wildman–Crippen MR) is 194 cm³/mol. The number of aromatic nitrogens is 3. The van der Waals surface area contributed by atoms with E-state index in [9.17, 15) is 0 Å². The minimum Gasteiger partial charge on any atom is -0.208 e. The van der Waals surface area contributed by atoms with Gasteiger partial charge in [0.15, 0.2) is 17.5 Å². The fraction of sp³-hybridized carbons (Fsp3) is 0.0682. The molecule has 3 nitrogen and oxygen atoms in total. The fourth-order valence-electron chi connectivity index (χ4n) is 7.29. The van der Waals surface area contributed by atoms with E-state index in [1.165, 1.54) is 44.2 Å². The Hall–Kier alpha value is -5.93. The Morgan fingerprint density at radius 3 is 1.72 bits per heavy atom. The van der Waals surface area contributed by atoms with Crippen LogP contribution in [-0.4, -0.2) is 15.0 Å². The molecular formula is C44H31N3. The average Bonchev–Trinajstić information content (AvgIpc) is 3.36. The molecule has 222 valence electrons. The highest BCUT2D eigenvalue weighted by Gasteiger charge is 2.35. The summed E-state index contributed by atoms with van der Waals surface area (Å²) in [7, 11) is 0. The second-order valence-electron chi connectivity index (χ2n) is 12.9. The molecule has 0 unspecified atom stereocenters. The van der Waals surface area contributed by atoms with Crippen LogP contribution in [0.1, 0.15) is 25.0 Å². The minimum absolute atomic E-state index is 0.123. The first-order valence-corrected chi connectivity index (χ1v) is 16.1. The lowest BCUT2D eigenvalue weighted by Crippen LogP contribution is -2.15. The van der Waals surface area contributed by atoms with Crippen LogP contribution in [0, 0.1) is 0 Å². The number of fused-ring (bicyclic) bond motifs is 5. The van der Waals surface area contributed by atoms with Crippen molar-refractivity contribution in [2.45, 2.75) is 19.3 Å². The normalized spacial score (nSPS) is 13.1. The van der Waals surface area contributed by atoms with Crippen molar-refractivity contribution in [1.29, 1.82) is 0 Å². The van der Waals surface area contributed by atoms with Gasteiger partial charge in [0.1, 0.15) is 0 Å². The van der Waals surface area contributed by atoms with Crippen molar-refractivity contribution in [3.05, 3.63) is 163 Å². The molecule has 0 bridgehead atoms. The van der Waals surface area contributed by atoms with Crippen molar-refractivity contribution >= 4 is 21.5 Å². The zero-order chi connectivity index (χ0) is 31.5. The molecule has 47 heavy (non-hydrogen) atoms. The molecular weight excluding hydrogens is 571 g/mol. The number of nitrogens with zero attached hydrogens (tertiary/aromatic N) is 3. The number of hydrogen-bond acceptors (Lipinski definition) is 3. The smallest absolute Gasteiger partial charge is 0.164 e. The van der Waals surface area contributed by atoms with E-state index in [0.717, 1.165) is 27.5 Å². The minimum atomic E-state index is -0.123. The second-order valence-corrected chi connectivity index (χ2v) is 12.9. The van der Waals surface area contributed by atoms with Crippen LogP contribution in [0.25, 0.3) is 78.0 Å². The quantitative estimate of drug-likeness (QED) is 0.201. The van der Waals surface area contributed by atoms with Gasteiger partial charge in [-0.2, -0.15) is 0 Å². The van der Waals surface area contributed by atoms with Crippen molar-refractivity contribution < 1.29 is 0 Å². The van der Waals surface area contributed by atoms with E-state index in [0.29, 0.717) is 17.5 Å². The van der Waals surface area contributed by atoms with Crippen LogP contribution in [0.15, 0.2) is 152 Å². The molecule has 0 aliphatic heterocycles. The summed E-state index contributed by atoms with van der Waals surface area (Å²) in [5, 5.41) is 4.63. The van der Waals surface area contributed by atoms with E-state index >= 15 is 0 Å². The number of hydrogen-bond donors (Lipinski definition) is 0. The molecule has 0 saturated heterocycles. The van der Waals surface area contributed by atoms with E-state index in [2.05, 4.69) is 166 Å². The van der Waals surface area contributed by atoms with Crippen LogP contribution in [0.5, 0.6) is 0 Å². The molecule has 0 saturated carbocycles. The Morgan fingerprint density at radius 1 is 0.362 bits per heavy atom. The highest BCUT2D eigenvalue weighted by Crippen LogP contribution is 2.49. The number of rotatable bonds is 4. The topological polar surface area (TPSA) is 38.7 Å². The van der Waals surface area contributed by atoms with Crippen molar-refractivity contribution in [2.75, 3.05) is 0 Å². The van der Waals surface area contributed by atoms with Crippen molar-refractivity contribution in [2.24, 2.45) is 0 Å². The van der Waals surface area contributed by atoms with Gasteiger partial charge < -0.3 is 0 Å². The summed E-state index contributed by atoms with van der Waals surface area (Å²) in [6, 6.07) is 53.7. The van der Waals surface area contributed by atoms with Crippen LogP contribution in [0.3, 0.4) is 0 Å². The Bertz CT molecular complexity index is 2490. The summed E-state index contributed by atoms with van der Waals surface area (Å²) in [6.45, 7) is 4.61. The maximum absolute atomic E-state index is 5.21. The highest BCUT2D eigenvalue weighted by molar-refractivity contribution is 6.04. The second kappa shape index (κ2) is 10.6. The monoisotopic (exact) mass is 601 g/mol. The summed E-state index contributed by atoms with van der Waals surface area (Å²) in [6.07, 6.45) is 0. The molecule has 0 N–H and O–H groups in total. The van der Waals surface area contributed by atoms with Crippen molar-refractivity contribution in [3.63, 3.8) is 0 Å². The average molecular weight is 602 g/mol. The molecule has 7 aromatic carbocycles. The molecule has 0 fully saturated rings. The molecule has 1 aliphatic carbocycles. The lowest BCUT2D eigenvalue weighted by Gasteiger charge is -2.21. The number of benzene rings is 7. The van der Waals surface area contributed by atoms with Gasteiger partial charge in [-0.3, -0.25) is 0 Å². The van der Waals surface area contributed by atoms with Gasteiger partial charge >= 0.3 is 0 Å². The van der Waals surface area contributed by atoms with E-state index in [4.69, 9.17) is 15.0 Å². The zero-order valence-corrected chi connectivity index (χ0v) is 26.3. The van der Waals surface area contributed by atoms with Gasteiger partial charge in [0.05, 0.1) is 0 Å². The molecule has 0 atom stereocenters. The van der Waals surface area contributed by atoms with E-state index in [-0.39, 0.29) is 5.41 Å².